The number of aliphatic hydroxyl groups excluding tert-OH is 1. The highest BCUT2D eigenvalue weighted by molar-refractivity contribution is 7.47. The molecule has 0 bridgehead atoms. The fourth-order valence-corrected chi connectivity index (χ4v) is 5.36. The summed E-state index contributed by atoms with van der Waals surface area (Å²) in [5.41, 5.74) is 5.32. The predicted molar refractivity (Wildman–Crippen MR) is 202 cm³/mol. The van der Waals surface area contributed by atoms with Gasteiger partial charge in [-0.15, -0.1) is 0 Å². The Labute approximate surface area is 302 Å². The molecule has 0 aromatic heterocycles. The van der Waals surface area contributed by atoms with Gasteiger partial charge in [-0.05, 0) is 57.8 Å². The Hall–Kier alpha value is -2.33. The van der Waals surface area contributed by atoms with Crippen molar-refractivity contribution < 1.29 is 42.7 Å². The maximum atomic E-state index is 12.5. The normalized spacial score (nSPS) is 14.7. The van der Waals surface area contributed by atoms with E-state index in [4.69, 9.17) is 24.3 Å². The van der Waals surface area contributed by atoms with Gasteiger partial charge in [0, 0.05) is 19.4 Å². The molecule has 0 saturated carbocycles. The number of allylic oxidation sites excluding steroid dienone is 9. The van der Waals surface area contributed by atoms with Crippen molar-refractivity contribution in [3.8, 4) is 0 Å². The maximum Gasteiger partial charge on any atom is 0.472 e. The molecule has 288 valence electrons. The van der Waals surface area contributed by atoms with Gasteiger partial charge in [0.15, 0.2) is 6.10 Å². The van der Waals surface area contributed by atoms with E-state index in [0.29, 0.717) is 19.3 Å². The summed E-state index contributed by atoms with van der Waals surface area (Å²) < 4.78 is 32.5. The Morgan fingerprint density at radius 1 is 0.700 bits per heavy atom. The van der Waals surface area contributed by atoms with Gasteiger partial charge in [0.1, 0.15) is 6.61 Å². The first-order valence-corrected chi connectivity index (χ1v) is 20.4. The van der Waals surface area contributed by atoms with E-state index in [1.54, 1.807) is 0 Å². The van der Waals surface area contributed by atoms with Crippen LogP contribution in [0.2, 0.25) is 0 Å². The molecule has 0 aromatic carbocycles. The molecule has 0 radical (unpaired) electrons. The number of unbranched alkanes of at least 4 members (excludes halogenated alkanes) is 10. The van der Waals surface area contributed by atoms with E-state index < -0.39 is 32.5 Å². The zero-order chi connectivity index (χ0) is 37.0. The molecule has 0 aliphatic heterocycles. The first-order valence-electron chi connectivity index (χ1n) is 18.9. The zero-order valence-corrected chi connectivity index (χ0v) is 31.9. The summed E-state index contributed by atoms with van der Waals surface area (Å²) in [6.45, 7) is 3.44. The molecule has 11 heteroatoms. The van der Waals surface area contributed by atoms with Gasteiger partial charge in [-0.2, -0.15) is 0 Å². The van der Waals surface area contributed by atoms with E-state index >= 15 is 0 Å². The standard InChI is InChI=1S/C39H68NO9P/c1-3-5-7-8-9-10-12-17-20-23-27-31-39(43)49-37(35-48-50(44,45)47-33-32-40)34-46-38(42)30-26-22-19-16-14-11-13-15-18-21-25-29-36(41)28-24-6-4-2/h8-9,11,13,16,18-19,21,25,29,36-37,41H,3-7,10,12,14-15,17,20,22-24,26-28,30-35,40H2,1-2H3,(H,44,45)/b9-8-,13-11-,19-16-,21-18-,29-25+/t36-,37-/m1/s1. The third-order valence-corrected chi connectivity index (χ3v) is 8.46. The number of rotatable bonds is 34. The average molecular weight is 726 g/mol. The van der Waals surface area contributed by atoms with Gasteiger partial charge in [0.2, 0.25) is 0 Å². The zero-order valence-electron chi connectivity index (χ0n) is 31.0. The lowest BCUT2D eigenvalue weighted by atomic mass is 10.1. The van der Waals surface area contributed by atoms with Gasteiger partial charge in [-0.3, -0.25) is 18.6 Å². The second kappa shape index (κ2) is 35.1. The van der Waals surface area contributed by atoms with Crippen molar-refractivity contribution in [2.75, 3.05) is 26.4 Å². The number of esters is 2. The minimum Gasteiger partial charge on any atom is -0.462 e. The summed E-state index contributed by atoms with van der Waals surface area (Å²) in [7, 11) is -4.40. The Balaban J connectivity index is 4.38. The first kappa shape index (κ1) is 47.7. The van der Waals surface area contributed by atoms with Crippen LogP contribution in [-0.2, 0) is 32.7 Å². The summed E-state index contributed by atoms with van der Waals surface area (Å²) in [5, 5.41) is 9.87. The van der Waals surface area contributed by atoms with Crippen LogP contribution in [0.25, 0.3) is 0 Å². The van der Waals surface area contributed by atoms with Gasteiger partial charge in [0.25, 0.3) is 0 Å². The fraction of sp³-hybridized carbons (Fsp3) is 0.692. The summed E-state index contributed by atoms with van der Waals surface area (Å²) in [6.07, 6.45) is 35.9. The number of ether oxygens (including phenoxy) is 2. The Morgan fingerprint density at radius 3 is 2.06 bits per heavy atom. The molecule has 50 heavy (non-hydrogen) atoms. The minimum absolute atomic E-state index is 0.0352. The predicted octanol–water partition coefficient (Wildman–Crippen LogP) is 9.13. The highest BCUT2D eigenvalue weighted by Gasteiger charge is 2.25. The van der Waals surface area contributed by atoms with Gasteiger partial charge in [0.05, 0.1) is 19.3 Å². The van der Waals surface area contributed by atoms with E-state index in [1.807, 2.05) is 36.5 Å². The Bertz CT molecular complexity index is 1030. The Morgan fingerprint density at radius 2 is 1.32 bits per heavy atom. The molecule has 1 unspecified atom stereocenters. The van der Waals surface area contributed by atoms with Crippen molar-refractivity contribution in [2.24, 2.45) is 5.73 Å². The molecule has 0 rings (SSSR count). The molecular formula is C39H68NO9P. The van der Waals surface area contributed by atoms with Crippen molar-refractivity contribution in [1.29, 1.82) is 0 Å². The second-order valence-corrected chi connectivity index (χ2v) is 13.7. The fourth-order valence-electron chi connectivity index (χ4n) is 4.60. The van der Waals surface area contributed by atoms with Crippen molar-refractivity contribution >= 4 is 19.8 Å². The van der Waals surface area contributed by atoms with Crippen LogP contribution in [0.4, 0.5) is 0 Å². The lowest BCUT2D eigenvalue weighted by Gasteiger charge is -2.19. The molecule has 0 heterocycles. The number of hydrogen-bond donors (Lipinski definition) is 3. The number of phosphoric acid groups is 1. The average Bonchev–Trinajstić information content (AvgIpc) is 3.09. The summed E-state index contributed by atoms with van der Waals surface area (Å²) in [5.74, 6) is -0.940. The molecule has 3 atom stereocenters. The number of nitrogens with two attached hydrogens (primary N) is 1. The summed E-state index contributed by atoms with van der Waals surface area (Å²) in [6, 6.07) is 0. The van der Waals surface area contributed by atoms with Crippen molar-refractivity contribution in [1.82, 2.24) is 0 Å². The van der Waals surface area contributed by atoms with Crippen LogP contribution in [0, 0.1) is 0 Å². The van der Waals surface area contributed by atoms with Gasteiger partial charge >= 0.3 is 19.8 Å². The third kappa shape index (κ3) is 34.1. The van der Waals surface area contributed by atoms with Gasteiger partial charge < -0.3 is 25.2 Å². The van der Waals surface area contributed by atoms with Crippen LogP contribution < -0.4 is 5.73 Å². The topological polar surface area (TPSA) is 155 Å². The SMILES string of the molecule is CCCC/C=C\CCCCCCCC(=O)O[C@H](COC(=O)CCC/C=C\C/C=C\C/C=C\C=C\[C@H](O)CCCCC)COP(=O)(O)OCCN. The largest absolute Gasteiger partial charge is 0.472 e. The van der Waals surface area contributed by atoms with Crippen LogP contribution >= 0.6 is 7.82 Å². The van der Waals surface area contributed by atoms with Crippen molar-refractivity contribution in [3.63, 3.8) is 0 Å². The summed E-state index contributed by atoms with van der Waals surface area (Å²) >= 11 is 0. The number of phosphoric ester groups is 1. The van der Waals surface area contributed by atoms with Crippen LogP contribution in [0.5, 0.6) is 0 Å². The van der Waals surface area contributed by atoms with Crippen molar-refractivity contribution in [2.45, 2.75) is 148 Å². The maximum absolute atomic E-state index is 12.5. The molecule has 0 fully saturated rings. The lowest BCUT2D eigenvalue weighted by Crippen LogP contribution is -2.29. The molecule has 0 saturated heterocycles. The highest BCUT2D eigenvalue weighted by atomic mass is 31.2. The van der Waals surface area contributed by atoms with E-state index in [-0.39, 0.29) is 38.7 Å². The quantitative estimate of drug-likeness (QED) is 0.0192. The number of carbonyl (C=O) groups is 2. The number of carbonyl (C=O) groups excluding carboxylic acids is 2. The smallest absolute Gasteiger partial charge is 0.462 e. The molecule has 4 N–H and O–H groups in total. The number of hydrogen-bond acceptors (Lipinski definition) is 9. The highest BCUT2D eigenvalue weighted by Crippen LogP contribution is 2.43. The van der Waals surface area contributed by atoms with Gasteiger partial charge in [-0.1, -0.05) is 126 Å². The molecule has 0 amide bonds. The minimum atomic E-state index is -4.40. The van der Waals surface area contributed by atoms with Crippen LogP contribution in [-0.4, -0.2) is 60.5 Å². The third-order valence-electron chi connectivity index (χ3n) is 7.48. The summed E-state index contributed by atoms with van der Waals surface area (Å²) in [4.78, 5) is 34.6. The first-order chi connectivity index (χ1) is 24.2. The molecule has 0 aromatic rings. The second-order valence-electron chi connectivity index (χ2n) is 12.3. The van der Waals surface area contributed by atoms with E-state index in [9.17, 15) is 24.2 Å². The molecule has 0 aliphatic carbocycles. The van der Waals surface area contributed by atoms with Crippen LogP contribution in [0.15, 0.2) is 60.8 Å². The van der Waals surface area contributed by atoms with E-state index in [0.717, 1.165) is 77.0 Å². The number of aliphatic hydroxyl groups is 1. The van der Waals surface area contributed by atoms with Crippen molar-refractivity contribution in [3.05, 3.63) is 60.8 Å². The van der Waals surface area contributed by atoms with Crippen LogP contribution in [0.1, 0.15) is 136 Å². The molecular weight excluding hydrogens is 657 g/mol. The van der Waals surface area contributed by atoms with Crippen LogP contribution in [0.3, 0.4) is 0 Å². The molecule has 10 nitrogen and oxygen atoms in total. The van der Waals surface area contributed by atoms with E-state index in [1.165, 1.54) is 12.8 Å². The van der Waals surface area contributed by atoms with E-state index in [2.05, 4.69) is 38.2 Å². The Kier molecular flexibility index (Phi) is 33.5. The molecule has 0 aliphatic rings. The molecule has 0 spiro atoms. The van der Waals surface area contributed by atoms with Gasteiger partial charge in [-0.25, -0.2) is 4.57 Å². The monoisotopic (exact) mass is 725 g/mol. The lowest BCUT2D eigenvalue weighted by molar-refractivity contribution is -0.161.